The Bertz CT molecular complexity index is 141. The van der Waals surface area contributed by atoms with Gasteiger partial charge in [-0.1, -0.05) is 32.3 Å². The van der Waals surface area contributed by atoms with Crippen molar-refractivity contribution < 1.29 is 14.6 Å². The van der Waals surface area contributed by atoms with Crippen molar-refractivity contribution in [1.29, 1.82) is 0 Å². The van der Waals surface area contributed by atoms with Crippen LogP contribution in [0.25, 0.3) is 0 Å². The molecule has 0 rings (SSSR count). The van der Waals surface area contributed by atoms with Crippen LogP contribution in [0.1, 0.15) is 32.6 Å². The SMILES string of the molecule is CCCCCC(O)C=CC(OC)OC. The monoisotopic (exact) mass is 202 g/mol. The molecule has 0 saturated heterocycles. The van der Waals surface area contributed by atoms with Crippen molar-refractivity contribution in [2.24, 2.45) is 0 Å². The normalized spacial score (nSPS) is 14.1. The third kappa shape index (κ3) is 7.06. The van der Waals surface area contributed by atoms with Gasteiger partial charge in [-0.25, -0.2) is 0 Å². The lowest BCUT2D eigenvalue weighted by Crippen LogP contribution is -2.11. The molecule has 0 aromatic rings. The highest BCUT2D eigenvalue weighted by atomic mass is 16.7. The third-order valence-corrected chi connectivity index (χ3v) is 2.06. The van der Waals surface area contributed by atoms with Gasteiger partial charge in [0.25, 0.3) is 0 Å². The Morgan fingerprint density at radius 3 is 2.29 bits per heavy atom. The lowest BCUT2D eigenvalue weighted by molar-refractivity contribution is -0.0671. The van der Waals surface area contributed by atoms with Crippen molar-refractivity contribution in [3.8, 4) is 0 Å². The van der Waals surface area contributed by atoms with Crippen LogP contribution in [-0.4, -0.2) is 31.7 Å². The highest BCUT2D eigenvalue weighted by molar-refractivity contribution is 4.90. The van der Waals surface area contributed by atoms with Crippen molar-refractivity contribution in [3.63, 3.8) is 0 Å². The fourth-order valence-corrected chi connectivity index (χ4v) is 1.17. The van der Waals surface area contributed by atoms with Gasteiger partial charge in [-0.3, -0.25) is 0 Å². The maximum absolute atomic E-state index is 9.52. The first-order valence-electron chi connectivity index (χ1n) is 5.16. The van der Waals surface area contributed by atoms with Crippen LogP contribution in [0.15, 0.2) is 12.2 Å². The molecule has 3 nitrogen and oxygen atoms in total. The summed E-state index contributed by atoms with van der Waals surface area (Å²) in [6.45, 7) is 2.15. The number of hydrogen-bond donors (Lipinski definition) is 1. The number of hydrogen-bond acceptors (Lipinski definition) is 3. The van der Waals surface area contributed by atoms with E-state index in [0.29, 0.717) is 0 Å². The van der Waals surface area contributed by atoms with Crippen molar-refractivity contribution >= 4 is 0 Å². The number of unbranched alkanes of at least 4 members (excludes halogenated alkanes) is 2. The molecule has 1 atom stereocenters. The number of ether oxygens (including phenoxy) is 2. The molecular formula is C11H22O3. The summed E-state index contributed by atoms with van der Waals surface area (Å²) in [6.07, 6.45) is 6.95. The lowest BCUT2D eigenvalue weighted by atomic mass is 10.1. The predicted octanol–water partition coefficient (Wildman–Crippen LogP) is 2.10. The zero-order valence-electron chi connectivity index (χ0n) is 9.40. The molecule has 14 heavy (non-hydrogen) atoms. The van der Waals surface area contributed by atoms with E-state index >= 15 is 0 Å². The summed E-state index contributed by atoms with van der Waals surface area (Å²) in [5.41, 5.74) is 0. The van der Waals surface area contributed by atoms with E-state index in [9.17, 15) is 5.11 Å². The molecule has 3 heteroatoms. The molecular weight excluding hydrogens is 180 g/mol. The minimum absolute atomic E-state index is 0.351. The highest BCUT2D eigenvalue weighted by Gasteiger charge is 2.01. The number of aliphatic hydroxyl groups excluding tert-OH is 1. The van der Waals surface area contributed by atoms with Crippen molar-refractivity contribution in [1.82, 2.24) is 0 Å². The Hall–Kier alpha value is -0.380. The summed E-state index contributed by atoms with van der Waals surface area (Å²) >= 11 is 0. The van der Waals surface area contributed by atoms with Gasteiger partial charge >= 0.3 is 0 Å². The van der Waals surface area contributed by atoms with Gasteiger partial charge in [0.1, 0.15) is 0 Å². The average Bonchev–Trinajstić information content (AvgIpc) is 2.20. The zero-order chi connectivity index (χ0) is 10.8. The van der Waals surface area contributed by atoms with E-state index in [4.69, 9.17) is 9.47 Å². The van der Waals surface area contributed by atoms with Crippen LogP contribution in [0.2, 0.25) is 0 Å². The fourth-order valence-electron chi connectivity index (χ4n) is 1.17. The second-order valence-electron chi connectivity index (χ2n) is 3.29. The molecule has 0 fully saturated rings. The van der Waals surface area contributed by atoms with Gasteiger partial charge in [0.05, 0.1) is 6.10 Å². The standard InChI is InChI=1S/C11H22O3/c1-4-5-6-7-10(12)8-9-11(13-2)14-3/h8-12H,4-7H2,1-3H3. The van der Waals surface area contributed by atoms with Gasteiger partial charge in [0.2, 0.25) is 0 Å². The van der Waals surface area contributed by atoms with Crippen LogP contribution in [-0.2, 0) is 9.47 Å². The van der Waals surface area contributed by atoms with Gasteiger partial charge in [0, 0.05) is 14.2 Å². The van der Waals surface area contributed by atoms with E-state index < -0.39 is 0 Å². The summed E-state index contributed by atoms with van der Waals surface area (Å²) in [7, 11) is 3.14. The Morgan fingerprint density at radius 2 is 1.79 bits per heavy atom. The number of methoxy groups -OCH3 is 2. The number of rotatable bonds is 8. The summed E-state index contributed by atoms with van der Waals surface area (Å²) < 4.78 is 9.91. The molecule has 0 aliphatic heterocycles. The molecule has 0 heterocycles. The summed E-state index contributed by atoms with van der Waals surface area (Å²) in [5, 5.41) is 9.52. The van der Waals surface area contributed by atoms with Crippen molar-refractivity contribution in [2.75, 3.05) is 14.2 Å². The molecule has 0 aliphatic rings. The summed E-state index contributed by atoms with van der Waals surface area (Å²) in [4.78, 5) is 0. The molecule has 0 amide bonds. The van der Waals surface area contributed by atoms with Crippen LogP contribution < -0.4 is 0 Å². The Labute approximate surface area is 86.7 Å². The van der Waals surface area contributed by atoms with E-state index in [1.807, 2.05) is 0 Å². The first-order chi connectivity index (χ1) is 6.74. The fraction of sp³-hybridized carbons (Fsp3) is 0.818. The van der Waals surface area contributed by atoms with Gasteiger partial charge < -0.3 is 14.6 Å². The maximum atomic E-state index is 9.52. The highest BCUT2D eigenvalue weighted by Crippen LogP contribution is 2.05. The van der Waals surface area contributed by atoms with E-state index in [1.54, 1.807) is 26.4 Å². The number of aliphatic hydroxyl groups is 1. The molecule has 0 aliphatic carbocycles. The Morgan fingerprint density at radius 1 is 1.14 bits per heavy atom. The minimum Gasteiger partial charge on any atom is -0.389 e. The van der Waals surface area contributed by atoms with Crippen molar-refractivity contribution in [2.45, 2.75) is 45.0 Å². The van der Waals surface area contributed by atoms with E-state index in [0.717, 1.165) is 12.8 Å². The molecule has 0 aromatic heterocycles. The zero-order valence-corrected chi connectivity index (χ0v) is 9.40. The van der Waals surface area contributed by atoms with Crippen LogP contribution in [0.5, 0.6) is 0 Å². The summed E-state index contributed by atoms with van der Waals surface area (Å²) in [6, 6.07) is 0. The molecule has 1 unspecified atom stereocenters. The molecule has 84 valence electrons. The second-order valence-corrected chi connectivity index (χ2v) is 3.29. The van der Waals surface area contributed by atoms with Gasteiger partial charge in [-0.05, 0) is 12.5 Å². The molecule has 1 N–H and O–H groups in total. The molecule has 0 bridgehead atoms. The van der Waals surface area contributed by atoms with Gasteiger partial charge in [0.15, 0.2) is 6.29 Å². The average molecular weight is 202 g/mol. The van der Waals surface area contributed by atoms with Crippen LogP contribution in [0, 0.1) is 0 Å². The van der Waals surface area contributed by atoms with Crippen LogP contribution >= 0.6 is 0 Å². The maximum Gasteiger partial charge on any atom is 0.176 e. The van der Waals surface area contributed by atoms with Gasteiger partial charge in [-0.2, -0.15) is 0 Å². The predicted molar refractivity (Wildman–Crippen MR) is 57.1 cm³/mol. The summed E-state index contributed by atoms with van der Waals surface area (Å²) in [5.74, 6) is 0. The minimum atomic E-state index is -0.380. The molecule has 0 spiro atoms. The third-order valence-electron chi connectivity index (χ3n) is 2.06. The quantitative estimate of drug-likeness (QED) is 0.372. The smallest absolute Gasteiger partial charge is 0.176 e. The van der Waals surface area contributed by atoms with Crippen LogP contribution in [0.3, 0.4) is 0 Å². The van der Waals surface area contributed by atoms with E-state index in [1.165, 1.54) is 12.8 Å². The largest absolute Gasteiger partial charge is 0.389 e. The first-order valence-corrected chi connectivity index (χ1v) is 5.16. The molecule has 0 saturated carbocycles. The second kappa shape index (κ2) is 9.19. The first kappa shape index (κ1) is 13.6. The Balaban J connectivity index is 3.62. The van der Waals surface area contributed by atoms with E-state index in [-0.39, 0.29) is 12.4 Å². The van der Waals surface area contributed by atoms with Crippen LogP contribution in [0.4, 0.5) is 0 Å². The molecule has 0 aromatic carbocycles. The van der Waals surface area contributed by atoms with Gasteiger partial charge in [-0.15, -0.1) is 0 Å². The van der Waals surface area contributed by atoms with E-state index in [2.05, 4.69) is 6.92 Å². The lowest BCUT2D eigenvalue weighted by Gasteiger charge is -2.09. The van der Waals surface area contributed by atoms with Crippen molar-refractivity contribution in [3.05, 3.63) is 12.2 Å². The topological polar surface area (TPSA) is 38.7 Å². The molecule has 0 radical (unpaired) electrons. The Kier molecular flexibility index (Phi) is 8.94.